The second-order valence-corrected chi connectivity index (χ2v) is 10.3. The highest BCUT2D eigenvalue weighted by molar-refractivity contribution is 5.08. The van der Waals surface area contributed by atoms with E-state index < -0.39 is 12.6 Å². The minimum Gasteiger partial charge on any atom is -0.171 e. The van der Waals surface area contributed by atoms with Gasteiger partial charge >= 0.3 is 6.18 Å². The predicted octanol–water partition coefficient (Wildman–Crippen LogP) is 8.01. The summed E-state index contributed by atoms with van der Waals surface area (Å²) in [7, 11) is 0. The lowest BCUT2D eigenvalue weighted by Crippen LogP contribution is -2.52. The van der Waals surface area contributed by atoms with Crippen molar-refractivity contribution in [3.63, 3.8) is 0 Å². The molecule has 3 aliphatic rings. The van der Waals surface area contributed by atoms with Gasteiger partial charge in [0, 0.05) is 6.42 Å². The van der Waals surface area contributed by atoms with Crippen molar-refractivity contribution < 1.29 is 13.2 Å². The zero-order valence-electron chi connectivity index (χ0n) is 17.3. The molecule has 0 bridgehead atoms. The Morgan fingerprint density at radius 1 is 0.846 bits per heavy atom. The molecule has 0 spiro atoms. The quantitative estimate of drug-likeness (QED) is 0.458. The second kappa shape index (κ2) is 7.32. The zero-order valence-corrected chi connectivity index (χ0v) is 17.3. The Balaban J connectivity index is 1.84. The van der Waals surface area contributed by atoms with Crippen LogP contribution in [-0.2, 0) is 0 Å². The molecule has 0 aliphatic heterocycles. The van der Waals surface area contributed by atoms with Gasteiger partial charge in [0.2, 0.25) is 0 Å². The lowest BCUT2D eigenvalue weighted by molar-refractivity contribution is -0.177. The average molecular weight is 373 g/mol. The van der Waals surface area contributed by atoms with Crippen molar-refractivity contribution in [3.05, 3.63) is 0 Å². The highest BCUT2D eigenvalue weighted by Gasteiger charge is 2.59. The number of halogens is 3. The fourth-order valence-corrected chi connectivity index (χ4v) is 8.01. The highest BCUT2D eigenvalue weighted by Crippen LogP contribution is 2.67. The molecule has 0 aromatic carbocycles. The van der Waals surface area contributed by atoms with E-state index in [4.69, 9.17) is 0 Å². The summed E-state index contributed by atoms with van der Waals surface area (Å²) in [4.78, 5) is 0. The largest absolute Gasteiger partial charge is 0.389 e. The van der Waals surface area contributed by atoms with E-state index in [2.05, 4.69) is 27.7 Å². The van der Waals surface area contributed by atoms with Crippen LogP contribution in [0.4, 0.5) is 13.2 Å². The molecule has 0 amide bonds. The van der Waals surface area contributed by atoms with Crippen LogP contribution in [-0.4, -0.2) is 6.18 Å². The summed E-state index contributed by atoms with van der Waals surface area (Å²) in [5, 5.41) is 0. The molecule has 7 atom stereocenters. The Morgan fingerprint density at radius 3 is 2.15 bits per heavy atom. The molecule has 7 unspecified atom stereocenters. The number of alkyl halides is 3. The van der Waals surface area contributed by atoms with E-state index in [1.807, 2.05) is 0 Å². The van der Waals surface area contributed by atoms with Gasteiger partial charge in [0.15, 0.2) is 0 Å². The summed E-state index contributed by atoms with van der Waals surface area (Å²) in [5.74, 6) is 2.64. The molecule has 3 heteroatoms. The van der Waals surface area contributed by atoms with Crippen molar-refractivity contribution in [2.75, 3.05) is 0 Å². The number of fused-ring (bicyclic) bond motifs is 3. The van der Waals surface area contributed by atoms with Gasteiger partial charge in [0.05, 0.1) is 0 Å². The fourth-order valence-electron chi connectivity index (χ4n) is 8.01. The van der Waals surface area contributed by atoms with Gasteiger partial charge in [-0.2, -0.15) is 13.2 Å². The Bertz CT molecular complexity index is 484. The summed E-state index contributed by atoms with van der Waals surface area (Å²) in [6.45, 7) is 9.20. The van der Waals surface area contributed by atoms with Gasteiger partial charge < -0.3 is 0 Å². The highest BCUT2D eigenvalue weighted by atomic mass is 19.4. The van der Waals surface area contributed by atoms with Crippen molar-refractivity contribution in [1.29, 1.82) is 0 Å². The fraction of sp³-hybridized carbons (Fsp3) is 1.00. The van der Waals surface area contributed by atoms with Crippen LogP contribution in [0.5, 0.6) is 0 Å². The Hall–Kier alpha value is -0.210. The minimum atomic E-state index is -4.02. The smallest absolute Gasteiger partial charge is 0.171 e. The van der Waals surface area contributed by atoms with Crippen molar-refractivity contribution in [2.45, 2.75) is 105 Å². The normalized spacial score (nSPS) is 46.0. The van der Waals surface area contributed by atoms with E-state index in [1.54, 1.807) is 0 Å². The van der Waals surface area contributed by atoms with Gasteiger partial charge in [-0.1, -0.05) is 47.0 Å². The number of hydrogen-bond acceptors (Lipinski definition) is 0. The van der Waals surface area contributed by atoms with Crippen molar-refractivity contribution >= 4 is 0 Å². The first-order chi connectivity index (χ1) is 12.2. The molecule has 3 saturated carbocycles. The van der Waals surface area contributed by atoms with Crippen LogP contribution >= 0.6 is 0 Å². The van der Waals surface area contributed by atoms with Crippen molar-refractivity contribution in [2.24, 2.45) is 40.4 Å². The molecule has 0 saturated heterocycles. The van der Waals surface area contributed by atoms with Crippen LogP contribution in [0.15, 0.2) is 0 Å². The van der Waals surface area contributed by atoms with Crippen molar-refractivity contribution in [1.82, 2.24) is 0 Å². The Morgan fingerprint density at radius 2 is 1.54 bits per heavy atom. The van der Waals surface area contributed by atoms with Gasteiger partial charge in [0.25, 0.3) is 0 Å². The first-order valence-electron chi connectivity index (χ1n) is 11.2. The van der Waals surface area contributed by atoms with Gasteiger partial charge in [-0.25, -0.2) is 0 Å². The first-order valence-corrected chi connectivity index (χ1v) is 11.2. The van der Waals surface area contributed by atoms with E-state index in [0.29, 0.717) is 17.3 Å². The first kappa shape index (κ1) is 20.5. The van der Waals surface area contributed by atoms with Crippen LogP contribution in [0.3, 0.4) is 0 Å². The van der Waals surface area contributed by atoms with Crippen molar-refractivity contribution in [3.8, 4) is 0 Å². The van der Waals surface area contributed by atoms with Crippen LogP contribution in [0.25, 0.3) is 0 Å². The standard InChI is InChI=1S/C23H39F3/c1-5-7-16-9-11-19-18-10-8-17(15-23(24,25)26)21(3,13-6-2)20(18)12-14-22(16,19)4/h16-20H,5-15H2,1-4H3. The molecule has 3 aliphatic carbocycles. The van der Waals surface area contributed by atoms with E-state index in [9.17, 15) is 13.2 Å². The average Bonchev–Trinajstić information content (AvgIpc) is 2.87. The molecule has 0 nitrogen and oxygen atoms in total. The zero-order chi connectivity index (χ0) is 19.2. The molecule has 0 N–H and O–H groups in total. The summed E-state index contributed by atoms with van der Waals surface area (Å²) < 4.78 is 39.8. The third kappa shape index (κ3) is 3.46. The molecule has 0 radical (unpaired) electrons. The number of rotatable bonds is 5. The molecular weight excluding hydrogens is 333 g/mol. The summed E-state index contributed by atoms with van der Waals surface area (Å²) in [6, 6.07) is 0. The Kier molecular flexibility index (Phi) is 5.78. The van der Waals surface area contributed by atoms with Gasteiger partial charge in [-0.3, -0.25) is 0 Å². The molecule has 0 aromatic rings. The summed E-state index contributed by atoms with van der Waals surface area (Å²) in [5.41, 5.74) is 0.346. The summed E-state index contributed by atoms with van der Waals surface area (Å²) >= 11 is 0. The van der Waals surface area contributed by atoms with E-state index >= 15 is 0 Å². The molecule has 3 fully saturated rings. The molecular formula is C23H39F3. The van der Waals surface area contributed by atoms with Crippen LogP contribution in [0.1, 0.15) is 98.3 Å². The monoisotopic (exact) mass is 372 g/mol. The van der Waals surface area contributed by atoms with Gasteiger partial charge in [-0.15, -0.1) is 0 Å². The molecule has 0 heterocycles. The van der Waals surface area contributed by atoms with Crippen LogP contribution < -0.4 is 0 Å². The maximum Gasteiger partial charge on any atom is 0.389 e. The van der Waals surface area contributed by atoms with Gasteiger partial charge in [-0.05, 0) is 85.4 Å². The minimum absolute atomic E-state index is 0.114. The third-order valence-corrected chi connectivity index (χ3v) is 9.17. The topological polar surface area (TPSA) is 0 Å². The maximum atomic E-state index is 13.3. The van der Waals surface area contributed by atoms with E-state index in [0.717, 1.165) is 37.5 Å². The second-order valence-electron chi connectivity index (χ2n) is 10.3. The maximum absolute atomic E-state index is 13.3. The molecule has 0 aromatic heterocycles. The Labute approximate surface area is 158 Å². The third-order valence-electron chi connectivity index (χ3n) is 9.17. The lowest BCUT2D eigenvalue weighted by Gasteiger charge is -2.59. The SMILES string of the molecule is CCCC1CCC2C3CCC(CC(F)(F)F)C(C)(CCC)C3CCC12C. The van der Waals surface area contributed by atoms with E-state index in [1.165, 1.54) is 38.5 Å². The lowest BCUT2D eigenvalue weighted by atomic mass is 9.46. The van der Waals surface area contributed by atoms with Crippen LogP contribution in [0, 0.1) is 40.4 Å². The molecule has 152 valence electrons. The molecule has 26 heavy (non-hydrogen) atoms. The number of hydrogen-bond donors (Lipinski definition) is 0. The van der Waals surface area contributed by atoms with Crippen LogP contribution in [0.2, 0.25) is 0 Å². The van der Waals surface area contributed by atoms with E-state index in [-0.39, 0.29) is 11.3 Å². The summed E-state index contributed by atoms with van der Waals surface area (Å²) in [6.07, 6.45) is 6.95. The van der Waals surface area contributed by atoms with Gasteiger partial charge in [0.1, 0.15) is 0 Å². The molecule has 3 rings (SSSR count). The predicted molar refractivity (Wildman–Crippen MR) is 102 cm³/mol.